The number of non-ortho nitro benzene ring substituents is 1. The number of aromatic nitrogens is 2. The molecule has 0 radical (unpaired) electrons. The maximum atomic E-state index is 12.3. The maximum absolute atomic E-state index is 12.3. The van der Waals surface area contributed by atoms with Gasteiger partial charge in [-0.3, -0.25) is 14.9 Å². The zero-order valence-corrected chi connectivity index (χ0v) is 12.3. The normalized spacial score (nSPS) is 12.0. The number of benzene rings is 1. The molecular formula is C14H17N5O3. The summed E-state index contributed by atoms with van der Waals surface area (Å²) in [5, 5.41) is 15.0. The highest BCUT2D eigenvalue weighted by atomic mass is 16.6. The molecule has 1 unspecified atom stereocenters. The first-order chi connectivity index (χ1) is 10.4. The lowest BCUT2D eigenvalue weighted by Gasteiger charge is -2.22. The van der Waals surface area contributed by atoms with Gasteiger partial charge in [0.1, 0.15) is 0 Å². The third kappa shape index (κ3) is 3.12. The van der Waals surface area contributed by atoms with Gasteiger partial charge < -0.3 is 10.6 Å². The Hall–Kier alpha value is -2.74. The minimum Gasteiger partial charge on any atom is -0.336 e. The highest BCUT2D eigenvalue weighted by molar-refractivity contribution is 5.92. The fourth-order valence-corrected chi connectivity index (χ4v) is 1.87. The van der Waals surface area contributed by atoms with E-state index in [-0.39, 0.29) is 23.3 Å². The lowest BCUT2D eigenvalue weighted by Crippen LogP contribution is -2.39. The third-order valence-electron chi connectivity index (χ3n) is 3.44. The molecule has 0 saturated heterocycles. The zero-order chi connectivity index (χ0) is 16.3. The van der Waals surface area contributed by atoms with E-state index in [0.717, 1.165) is 0 Å². The molecule has 22 heavy (non-hydrogen) atoms. The smallest absolute Gasteiger partial charge is 0.274 e. The fourth-order valence-electron chi connectivity index (χ4n) is 1.87. The lowest BCUT2D eigenvalue weighted by atomic mass is 10.2. The van der Waals surface area contributed by atoms with E-state index in [1.807, 2.05) is 6.92 Å². The standard InChI is InChI=1S/C14H17N5O3/c1-10(9-15)17(2)14(20)13-6-7-18(16-13)11-4-3-5-12(8-11)19(21)22/h3-8,10H,9,15H2,1-2H3. The van der Waals surface area contributed by atoms with E-state index in [1.165, 1.54) is 21.7 Å². The summed E-state index contributed by atoms with van der Waals surface area (Å²) in [7, 11) is 1.66. The quantitative estimate of drug-likeness (QED) is 0.659. The van der Waals surface area contributed by atoms with E-state index < -0.39 is 4.92 Å². The molecule has 2 aromatic rings. The van der Waals surface area contributed by atoms with E-state index in [9.17, 15) is 14.9 Å². The summed E-state index contributed by atoms with van der Waals surface area (Å²) in [6, 6.07) is 7.51. The summed E-state index contributed by atoms with van der Waals surface area (Å²) in [5.41, 5.74) is 6.29. The van der Waals surface area contributed by atoms with E-state index in [4.69, 9.17) is 5.73 Å². The van der Waals surface area contributed by atoms with E-state index in [1.54, 1.807) is 31.4 Å². The summed E-state index contributed by atoms with van der Waals surface area (Å²) >= 11 is 0. The first-order valence-electron chi connectivity index (χ1n) is 6.71. The number of nitrogens with zero attached hydrogens (tertiary/aromatic N) is 4. The second kappa shape index (κ2) is 6.35. The van der Waals surface area contributed by atoms with Crippen LogP contribution in [0.25, 0.3) is 5.69 Å². The van der Waals surface area contributed by atoms with Crippen LogP contribution in [-0.4, -0.2) is 45.1 Å². The van der Waals surface area contributed by atoms with Gasteiger partial charge in [0.25, 0.3) is 11.6 Å². The molecule has 0 bridgehead atoms. The number of nitrogens with two attached hydrogens (primary N) is 1. The number of nitro groups is 1. The van der Waals surface area contributed by atoms with Crippen LogP contribution in [0.3, 0.4) is 0 Å². The largest absolute Gasteiger partial charge is 0.336 e. The van der Waals surface area contributed by atoms with Gasteiger partial charge in [-0.25, -0.2) is 4.68 Å². The fraction of sp³-hybridized carbons (Fsp3) is 0.286. The summed E-state index contributed by atoms with van der Waals surface area (Å²) < 4.78 is 1.43. The minimum atomic E-state index is -0.476. The number of amides is 1. The Kier molecular flexibility index (Phi) is 4.52. The Balaban J connectivity index is 2.26. The predicted octanol–water partition coefficient (Wildman–Crippen LogP) is 1.20. The van der Waals surface area contributed by atoms with Crippen molar-refractivity contribution in [2.75, 3.05) is 13.6 Å². The maximum Gasteiger partial charge on any atom is 0.274 e. The predicted molar refractivity (Wildman–Crippen MR) is 80.8 cm³/mol. The first-order valence-corrected chi connectivity index (χ1v) is 6.71. The van der Waals surface area contributed by atoms with Crippen LogP contribution in [0.2, 0.25) is 0 Å². The molecule has 8 nitrogen and oxygen atoms in total. The summed E-state index contributed by atoms with van der Waals surface area (Å²) in [6.07, 6.45) is 1.59. The lowest BCUT2D eigenvalue weighted by molar-refractivity contribution is -0.384. The Bertz CT molecular complexity index is 697. The van der Waals surface area contributed by atoms with Gasteiger partial charge in [-0.15, -0.1) is 0 Å². The molecule has 0 aliphatic heterocycles. The number of carbonyl (C=O) groups excluding carboxylic acids is 1. The first kappa shape index (κ1) is 15.6. The zero-order valence-electron chi connectivity index (χ0n) is 12.3. The number of carbonyl (C=O) groups is 1. The average Bonchev–Trinajstić information content (AvgIpc) is 3.02. The van der Waals surface area contributed by atoms with Crippen molar-refractivity contribution in [1.29, 1.82) is 0 Å². The van der Waals surface area contributed by atoms with Crippen LogP contribution in [0.15, 0.2) is 36.5 Å². The molecule has 0 fully saturated rings. The summed E-state index contributed by atoms with van der Waals surface area (Å²) in [5.74, 6) is -0.248. The van der Waals surface area contributed by atoms with Crippen molar-refractivity contribution in [2.45, 2.75) is 13.0 Å². The molecule has 0 aliphatic carbocycles. The van der Waals surface area contributed by atoms with Gasteiger partial charge in [0.2, 0.25) is 0 Å². The Labute approximate surface area is 127 Å². The number of hydrogen-bond donors (Lipinski definition) is 1. The summed E-state index contributed by atoms with van der Waals surface area (Å²) in [6.45, 7) is 2.20. The van der Waals surface area contributed by atoms with Crippen molar-refractivity contribution in [3.05, 3.63) is 52.3 Å². The van der Waals surface area contributed by atoms with Crippen LogP contribution in [0.4, 0.5) is 5.69 Å². The Morgan fingerprint density at radius 3 is 2.86 bits per heavy atom. The molecule has 0 aliphatic rings. The van der Waals surface area contributed by atoms with E-state index in [2.05, 4.69) is 5.10 Å². The second-order valence-corrected chi connectivity index (χ2v) is 4.92. The van der Waals surface area contributed by atoms with E-state index in [0.29, 0.717) is 12.2 Å². The van der Waals surface area contributed by atoms with Crippen molar-refractivity contribution in [3.8, 4) is 5.69 Å². The molecule has 2 N–H and O–H groups in total. The van der Waals surface area contributed by atoms with Gasteiger partial charge in [-0.2, -0.15) is 5.10 Å². The van der Waals surface area contributed by atoms with Crippen LogP contribution >= 0.6 is 0 Å². The van der Waals surface area contributed by atoms with Gasteiger partial charge in [0.05, 0.1) is 10.6 Å². The van der Waals surface area contributed by atoms with E-state index >= 15 is 0 Å². The average molecular weight is 303 g/mol. The van der Waals surface area contributed by atoms with Crippen LogP contribution in [0.5, 0.6) is 0 Å². The van der Waals surface area contributed by atoms with Crippen LogP contribution in [-0.2, 0) is 0 Å². The topological polar surface area (TPSA) is 107 Å². The van der Waals surface area contributed by atoms with Crippen LogP contribution in [0.1, 0.15) is 17.4 Å². The monoisotopic (exact) mass is 303 g/mol. The third-order valence-corrected chi connectivity index (χ3v) is 3.44. The van der Waals surface area contributed by atoms with Crippen LogP contribution < -0.4 is 5.73 Å². The van der Waals surface area contributed by atoms with Crippen molar-refractivity contribution in [1.82, 2.24) is 14.7 Å². The molecule has 0 saturated carbocycles. The van der Waals surface area contributed by atoms with Gasteiger partial charge in [0.15, 0.2) is 5.69 Å². The molecule has 1 atom stereocenters. The highest BCUT2D eigenvalue weighted by Gasteiger charge is 2.19. The van der Waals surface area contributed by atoms with Gasteiger partial charge in [-0.1, -0.05) is 6.07 Å². The molecule has 1 amide bonds. The highest BCUT2D eigenvalue weighted by Crippen LogP contribution is 2.16. The van der Waals surface area contributed by atoms with Crippen molar-refractivity contribution < 1.29 is 9.72 Å². The van der Waals surface area contributed by atoms with Gasteiger partial charge >= 0.3 is 0 Å². The van der Waals surface area contributed by atoms with Crippen LogP contribution in [0, 0.1) is 10.1 Å². The molecule has 2 rings (SSSR count). The van der Waals surface area contributed by atoms with Crippen molar-refractivity contribution in [3.63, 3.8) is 0 Å². The molecule has 1 aromatic heterocycles. The minimum absolute atomic E-state index is 0.0326. The number of rotatable bonds is 5. The number of likely N-dealkylation sites (N-methyl/N-ethyl adjacent to an activating group) is 1. The molecule has 8 heteroatoms. The molecule has 116 valence electrons. The molecule has 1 heterocycles. The SMILES string of the molecule is CC(CN)N(C)C(=O)c1ccn(-c2cccc([N+](=O)[O-])c2)n1. The van der Waals surface area contributed by atoms with Crippen molar-refractivity contribution >= 4 is 11.6 Å². The molecular weight excluding hydrogens is 286 g/mol. The number of hydrogen-bond acceptors (Lipinski definition) is 5. The van der Waals surface area contributed by atoms with Crippen molar-refractivity contribution in [2.24, 2.45) is 5.73 Å². The Morgan fingerprint density at radius 1 is 1.50 bits per heavy atom. The van der Waals surface area contributed by atoms with Gasteiger partial charge in [0, 0.05) is 38.0 Å². The Morgan fingerprint density at radius 2 is 2.23 bits per heavy atom. The second-order valence-electron chi connectivity index (χ2n) is 4.92. The molecule has 1 aromatic carbocycles. The number of nitro benzene ring substituents is 1. The molecule has 0 spiro atoms. The summed E-state index contributed by atoms with van der Waals surface area (Å²) in [4.78, 5) is 24.1. The van der Waals surface area contributed by atoms with Gasteiger partial charge in [-0.05, 0) is 19.1 Å².